The minimum Gasteiger partial charge on any atom is -0.395 e. The number of rotatable bonds is 6. The summed E-state index contributed by atoms with van der Waals surface area (Å²) >= 11 is 1.72. The number of aliphatic hydroxyl groups is 2. The van der Waals surface area contributed by atoms with Crippen LogP contribution in [-0.4, -0.2) is 41.4 Å². The molecule has 0 spiro atoms. The van der Waals surface area contributed by atoms with Gasteiger partial charge in [0.2, 0.25) is 0 Å². The second-order valence-electron chi connectivity index (χ2n) is 3.31. The standard InChI is InChI=1S/C10H17NO2S.C2H6/c1-9-6-10(14-8-9)7-11(2-4-12)3-5-13;1-2/h6,8,12-13H,2-5,7H2,1H3;1-2H3. The van der Waals surface area contributed by atoms with Crippen LogP contribution in [0.4, 0.5) is 0 Å². The van der Waals surface area contributed by atoms with E-state index in [1.807, 2.05) is 18.7 Å². The van der Waals surface area contributed by atoms with Crippen molar-refractivity contribution in [3.8, 4) is 0 Å². The van der Waals surface area contributed by atoms with E-state index in [0.29, 0.717) is 13.1 Å². The molecule has 0 aliphatic rings. The van der Waals surface area contributed by atoms with Gasteiger partial charge in [0, 0.05) is 24.5 Å². The van der Waals surface area contributed by atoms with Gasteiger partial charge in [0.25, 0.3) is 0 Å². The lowest BCUT2D eigenvalue weighted by Crippen LogP contribution is -2.28. The summed E-state index contributed by atoms with van der Waals surface area (Å²) in [5.41, 5.74) is 1.28. The zero-order chi connectivity index (χ0) is 12.4. The van der Waals surface area contributed by atoms with Gasteiger partial charge in [-0.1, -0.05) is 13.8 Å². The summed E-state index contributed by atoms with van der Waals surface area (Å²) in [6, 6.07) is 2.15. The van der Waals surface area contributed by atoms with E-state index in [0.717, 1.165) is 6.54 Å². The lowest BCUT2D eigenvalue weighted by atomic mass is 10.3. The van der Waals surface area contributed by atoms with Gasteiger partial charge < -0.3 is 10.2 Å². The van der Waals surface area contributed by atoms with Gasteiger partial charge in [-0.05, 0) is 23.9 Å². The highest BCUT2D eigenvalue weighted by molar-refractivity contribution is 7.10. The maximum Gasteiger partial charge on any atom is 0.0558 e. The molecule has 1 aromatic rings. The maximum atomic E-state index is 8.83. The van der Waals surface area contributed by atoms with E-state index < -0.39 is 0 Å². The molecule has 3 nitrogen and oxygen atoms in total. The summed E-state index contributed by atoms with van der Waals surface area (Å²) in [4.78, 5) is 3.33. The van der Waals surface area contributed by atoms with Crippen molar-refractivity contribution in [1.82, 2.24) is 4.90 Å². The molecule has 1 rings (SSSR count). The molecule has 1 heterocycles. The molecule has 1 aromatic heterocycles. The predicted octanol–water partition coefficient (Wildman–Crippen LogP) is 1.87. The Labute approximate surface area is 102 Å². The van der Waals surface area contributed by atoms with Gasteiger partial charge in [-0.3, -0.25) is 4.90 Å². The van der Waals surface area contributed by atoms with Crippen molar-refractivity contribution in [3.63, 3.8) is 0 Å². The van der Waals surface area contributed by atoms with Crippen molar-refractivity contribution in [2.24, 2.45) is 0 Å². The van der Waals surface area contributed by atoms with Crippen LogP contribution in [0.3, 0.4) is 0 Å². The molecule has 0 fully saturated rings. The Morgan fingerprint density at radius 1 is 1.19 bits per heavy atom. The van der Waals surface area contributed by atoms with E-state index in [1.165, 1.54) is 10.4 Å². The van der Waals surface area contributed by atoms with Crippen LogP contribution in [-0.2, 0) is 6.54 Å². The topological polar surface area (TPSA) is 43.7 Å². The first-order chi connectivity index (χ1) is 7.76. The van der Waals surface area contributed by atoms with Crippen LogP contribution >= 0.6 is 11.3 Å². The molecule has 0 aliphatic heterocycles. The molecule has 0 aromatic carbocycles. The van der Waals surface area contributed by atoms with Gasteiger partial charge in [0.05, 0.1) is 13.2 Å². The molecule has 4 heteroatoms. The van der Waals surface area contributed by atoms with Gasteiger partial charge in [0.15, 0.2) is 0 Å². The first kappa shape index (κ1) is 15.6. The van der Waals surface area contributed by atoms with Gasteiger partial charge in [-0.25, -0.2) is 0 Å². The van der Waals surface area contributed by atoms with Crippen LogP contribution in [0, 0.1) is 6.92 Å². The van der Waals surface area contributed by atoms with E-state index in [9.17, 15) is 0 Å². The molecule has 0 aliphatic carbocycles. The zero-order valence-electron chi connectivity index (χ0n) is 10.4. The fraction of sp³-hybridized carbons (Fsp3) is 0.667. The third-order valence-electron chi connectivity index (χ3n) is 2.00. The molecular weight excluding hydrogens is 222 g/mol. The highest BCUT2D eigenvalue weighted by Gasteiger charge is 2.05. The van der Waals surface area contributed by atoms with Crippen molar-refractivity contribution in [2.45, 2.75) is 27.3 Å². The van der Waals surface area contributed by atoms with Crippen molar-refractivity contribution < 1.29 is 10.2 Å². The summed E-state index contributed by atoms with van der Waals surface area (Å²) in [6.45, 7) is 8.42. The molecule has 0 saturated heterocycles. The smallest absolute Gasteiger partial charge is 0.0558 e. The van der Waals surface area contributed by atoms with E-state index >= 15 is 0 Å². The molecule has 0 radical (unpaired) electrons. The van der Waals surface area contributed by atoms with Crippen LogP contribution in [0.25, 0.3) is 0 Å². The van der Waals surface area contributed by atoms with Crippen molar-refractivity contribution >= 4 is 11.3 Å². The highest BCUT2D eigenvalue weighted by Crippen LogP contribution is 2.15. The monoisotopic (exact) mass is 245 g/mol. The minimum absolute atomic E-state index is 0.143. The fourth-order valence-electron chi connectivity index (χ4n) is 1.35. The Balaban J connectivity index is 0.00000106. The summed E-state index contributed by atoms with van der Waals surface area (Å²) in [6.07, 6.45) is 0. The number of aliphatic hydroxyl groups excluding tert-OH is 2. The Morgan fingerprint density at radius 2 is 1.75 bits per heavy atom. The molecular formula is C12H23NO2S. The Bertz CT molecular complexity index is 257. The van der Waals surface area contributed by atoms with E-state index in [2.05, 4.69) is 18.4 Å². The molecule has 0 bridgehead atoms. The molecule has 94 valence electrons. The maximum absolute atomic E-state index is 8.83. The third-order valence-corrected chi connectivity index (χ3v) is 3.04. The Hall–Kier alpha value is -0.420. The number of hydrogen-bond acceptors (Lipinski definition) is 4. The molecule has 2 N–H and O–H groups in total. The van der Waals surface area contributed by atoms with Gasteiger partial charge >= 0.3 is 0 Å². The summed E-state index contributed by atoms with van der Waals surface area (Å²) in [5.74, 6) is 0. The lowest BCUT2D eigenvalue weighted by molar-refractivity contribution is 0.157. The van der Waals surface area contributed by atoms with Crippen molar-refractivity contribution in [2.75, 3.05) is 26.3 Å². The van der Waals surface area contributed by atoms with Gasteiger partial charge in [-0.2, -0.15) is 0 Å². The molecule has 0 atom stereocenters. The minimum atomic E-state index is 0.143. The summed E-state index contributed by atoms with van der Waals surface area (Å²) in [7, 11) is 0. The largest absolute Gasteiger partial charge is 0.395 e. The molecule has 0 saturated carbocycles. The van der Waals surface area contributed by atoms with E-state index in [-0.39, 0.29) is 13.2 Å². The van der Waals surface area contributed by atoms with Crippen LogP contribution in [0.15, 0.2) is 11.4 Å². The predicted molar refractivity (Wildman–Crippen MR) is 69.9 cm³/mol. The van der Waals surface area contributed by atoms with Crippen molar-refractivity contribution in [1.29, 1.82) is 0 Å². The molecule has 0 amide bonds. The highest BCUT2D eigenvalue weighted by atomic mass is 32.1. The SMILES string of the molecule is CC.Cc1csc(CN(CCO)CCO)c1. The van der Waals surface area contributed by atoms with Crippen molar-refractivity contribution in [3.05, 3.63) is 21.9 Å². The third kappa shape index (κ3) is 6.23. The number of aryl methyl sites for hydroxylation is 1. The van der Waals surface area contributed by atoms with Crippen LogP contribution in [0.2, 0.25) is 0 Å². The first-order valence-electron chi connectivity index (χ1n) is 5.74. The molecule has 0 unspecified atom stereocenters. The Morgan fingerprint density at radius 3 is 2.12 bits per heavy atom. The Kier molecular flexibility index (Phi) is 9.52. The van der Waals surface area contributed by atoms with Gasteiger partial charge in [-0.15, -0.1) is 11.3 Å². The average Bonchev–Trinajstić information content (AvgIpc) is 2.68. The fourth-order valence-corrected chi connectivity index (χ4v) is 2.26. The quantitative estimate of drug-likeness (QED) is 0.804. The number of thiophene rings is 1. The number of hydrogen-bond donors (Lipinski definition) is 2. The molecule has 16 heavy (non-hydrogen) atoms. The number of nitrogens with zero attached hydrogens (tertiary/aromatic N) is 1. The van der Waals surface area contributed by atoms with Gasteiger partial charge in [0.1, 0.15) is 0 Å². The first-order valence-corrected chi connectivity index (χ1v) is 6.62. The van der Waals surface area contributed by atoms with Crippen LogP contribution < -0.4 is 0 Å². The summed E-state index contributed by atoms with van der Waals surface area (Å²) in [5, 5.41) is 19.8. The van der Waals surface area contributed by atoms with E-state index in [4.69, 9.17) is 10.2 Å². The van der Waals surface area contributed by atoms with E-state index in [1.54, 1.807) is 11.3 Å². The van der Waals surface area contributed by atoms with Crippen LogP contribution in [0.5, 0.6) is 0 Å². The normalized spacial score (nSPS) is 10.1. The average molecular weight is 245 g/mol. The lowest BCUT2D eigenvalue weighted by Gasteiger charge is -2.18. The summed E-state index contributed by atoms with van der Waals surface area (Å²) < 4.78 is 0. The second kappa shape index (κ2) is 9.78. The zero-order valence-corrected chi connectivity index (χ0v) is 11.3. The second-order valence-corrected chi connectivity index (χ2v) is 4.31. The van der Waals surface area contributed by atoms with Crippen LogP contribution in [0.1, 0.15) is 24.3 Å².